The summed E-state index contributed by atoms with van der Waals surface area (Å²) in [5, 5.41) is 10.8. The number of hydrogen-bond acceptors (Lipinski definition) is 4. The van der Waals surface area contributed by atoms with Crippen molar-refractivity contribution >= 4 is 0 Å². The molecule has 1 N–H and O–H groups in total. The Hall–Kier alpha value is -0.160. The van der Waals surface area contributed by atoms with Crippen molar-refractivity contribution in [1.82, 2.24) is 4.90 Å². The first-order chi connectivity index (χ1) is 15.4. The Morgan fingerprint density at radius 2 is 1.09 bits per heavy atom. The largest absolute Gasteiger partial charge is 0.387 e. The Morgan fingerprint density at radius 3 is 1.51 bits per heavy atom. The highest BCUT2D eigenvalue weighted by atomic mass is 16.5. The Bertz CT molecular complexity index is 654. The van der Waals surface area contributed by atoms with Crippen molar-refractivity contribution in [3.8, 4) is 0 Å². The van der Waals surface area contributed by atoms with Gasteiger partial charge in [0.25, 0.3) is 0 Å². The first kappa shape index (κ1) is 32.9. The number of β-amino-alcohol motifs (C(OH)–C–C–N with tert-alkyl or cyclic N) is 1. The van der Waals surface area contributed by atoms with E-state index in [1.807, 2.05) is 0 Å². The molecule has 0 spiro atoms. The SMILES string of the molecule is COCCC(C)(C)CC(C)(C)CC(C)(C)CCC(C)(C)CC(C)(C)OC(C)(C)CC1(O)CN(C)C1. The number of methoxy groups -OCH3 is 1. The fraction of sp³-hybridized carbons (Fsp3) is 1.00. The average Bonchev–Trinajstić information content (AvgIpc) is 2.52. The topological polar surface area (TPSA) is 41.9 Å². The Labute approximate surface area is 219 Å². The summed E-state index contributed by atoms with van der Waals surface area (Å²) in [5.41, 5.74) is -0.131. The molecule has 1 saturated heterocycles. The zero-order valence-corrected chi connectivity index (χ0v) is 26.3. The number of likely N-dealkylation sites (tertiary alicyclic amines) is 1. The highest BCUT2D eigenvalue weighted by molar-refractivity contribution is 4.99. The van der Waals surface area contributed by atoms with Crippen LogP contribution in [0.5, 0.6) is 0 Å². The molecule has 0 amide bonds. The second-order valence-electron chi connectivity index (χ2n) is 16.6. The first-order valence-corrected chi connectivity index (χ1v) is 14.0. The van der Waals surface area contributed by atoms with Gasteiger partial charge in [0.05, 0.1) is 16.8 Å². The zero-order valence-electron chi connectivity index (χ0n) is 26.3. The Morgan fingerprint density at radius 1 is 0.657 bits per heavy atom. The third-order valence-electron chi connectivity index (χ3n) is 7.72. The molecule has 210 valence electrons. The van der Waals surface area contributed by atoms with Gasteiger partial charge >= 0.3 is 0 Å². The van der Waals surface area contributed by atoms with E-state index in [0.29, 0.717) is 22.7 Å². The van der Waals surface area contributed by atoms with Crippen LogP contribution >= 0.6 is 0 Å². The van der Waals surface area contributed by atoms with Gasteiger partial charge in [-0.15, -0.1) is 0 Å². The molecule has 1 heterocycles. The van der Waals surface area contributed by atoms with Crippen LogP contribution in [0.4, 0.5) is 0 Å². The van der Waals surface area contributed by atoms with Crippen molar-refractivity contribution in [2.75, 3.05) is 33.9 Å². The standard InChI is InChI=1S/C31H63NO3/c1-25(2,19-28(7,8)20-27(5,6)17-18-34-14)15-16-26(3,4)21-29(9,10)35-30(11,12)22-31(33)23-32(13)24-31/h33H,15-24H2,1-14H3. The fourth-order valence-corrected chi connectivity index (χ4v) is 7.81. The van der Waals surface area contributed by atoms with E-state index in [1.54, 1.807) is 7.11 Å². The predicted octanol–water partition coefficient (Wildman–Crippen LogP) is 7.72. The van der Waals surface area contributed by atoms with Gasteiger partial charge in [-0.2, -0.15) is 0 Å². The smallest absolute Gasteiger partial charge is 0.0927 e. The Balaban J connectivity index is 2.66. The third-order valence-corrected chi connectivity index (χ3v) is 7.72. The van der Waals surface area contributed by atoms with Crippen molar-refractivity contribution in [1.29, 1.82) is 0 Å². The van der Waals surface area contributed by atoms with E-state index in [9.17, 15) is 5.11 Å². The van der Waals surface area contributed by atoms with Gasteiger partial charge in [0, 0.05) is 33.2 Å². The highest BCUT2D eigenvalue weighted by Gasteiger charge is 2.45. The summed E-state index contributed by atoms with van der Waals surface area (Å²) in [7, 11) is 3.86. The van der Waals surface area contributed by atoms with E-state index in [1.165, 1.54) is 25.7 Å². The number of nitrogens with zero attached hydrogens (tertiary/aromatic N) is 1. The van der Waals surface area contributed by atoms with Crippen molar-refractivity contribution in [3.05, 3.63) is 0 Å². The second-order valence-corrected chi connectivity index (χ2v) is 16.6. The lowest BCUT2D eigenvalue weighted by Crippen LogP contribution is -2.62. The third kappa shape index (κ3) is 12.8. The zero-order chi connectivity index (χ0) is 27.6. The molecule has 0 aromatic carbocycles. The molecule has 1 aliphatic heterocycles. The Kier molecular flexibility index (Phi) is 10.6. The van der Waals surface area contributed by atoms with Gasteiger partial charge in [-0.05, 0) is 94.9 Å². The van der Waals surface area contributed by atoms with E-state index in [-0.39, 0.29) is 16.6 Å². The van der Waals surface area contributed by atoms with Crippen molar-refractivity contribution in [2.24, 2.45) is 21.7 Å². The van der Waals surface area contributed by atoms with Gasteiger partial charge in [-0.3, -0.25) is 0 Å². The first-order valence-electron chi connectivity index (χ1n) is 14.0. The lowest BCUT2D eigenvalue weighted by molar-refractivity contribution is -0.187. The molecule has 0 aliphatic carbocycles. The number of rotatable bonds is 16. The maximum Gasteiger partial charge on any atom is 0.0927 e. The van der Waals surface area contributed by atoms with Crippen LogP contribution in [-0.2, 0) is 9.47 Å². The molecule has 0 radical (unpaired) electrons. The summed E-state index contributed by atoms with van der Waals surface area (Å²) in [6.45, 7) is 30.4. The van der Waals surface area contributed by atoms with Crippen molar-refractivity contribution < 1.29 is 14.6 Å². The van der Waals surface area contributed by atoms with E-state index in [0.717, 1.165) is 32.5 Å². The molecule has 0 saturated carbocycles. The van der Waals surface area contributed by atoms with Crippen LogP contribution in [-0.4, -0.2) is 60.7 Å². The molecule has 0 unspecified atom stereocenters. The van der Waals surface area contributed by atoms with Crippen molar-refractivity contribution in [2.45, 2.75) is 145 Å². The minimum absolute atomic E-state index is 0.187. The van der Waals surface area contributed by atoms with E-state index >= 15 is 0 Å². The number of ether oxygens (including phenoxy) is 2. The van der Waals surface area contributed by atoms with Gasteiger partial charge < -0.3 is 19.5 Å². The molecule has 1 fully saturated rings. The molecule has 0 atom stereocenters. The lowest BCUT2D eigenvalue weighted by Gasteiger charge is -2.50. The van der Waals surface area contributed by atoms with E-state index in [2.05, 4.69) is 95.0 Å². The van der Waals surface area contributed by atoms with E-state index in [4.69, 9.17) is 9.47 Å². The second kappa shape index (κ2) is 11.3. The maximum absolute atomic E-state index is 10.8. The quantitative estimate of drug-likeness (QED) is 0.237. The highest BCUT2D eigenvalue weighted by Crippen LogP contribution is 2.47. The molecule has 0 aromatic rings. The number of aliphatic hydroxyl groups is 1. The maximum atomic E-state index is 10.8. The summed E-state index contributed by atoms with van der Waals surface area (Å²) in [4.78, 5) is 2.16. The van der Waals surface area contributed by atoms with Crippen LogP contribution in [0.1, 0.15) is 128 Å². The summed E-state index contributed by atoms with van der Waals surface area (Å²) >= 11 is 0. The van der Waals surface area contributed by atoms with Gasteiger partial charge in [0.15, 0.2) is 0 Å². The lowest BCUT2D eigenvalue weighted by atomic mass is 9.64. The molecule has 1 rings (SSSR count). The summed E-state index contributed by atoms with van der Waals surface area (Å²) < 4.78 is 12.0. The normalized spacial score (nSPS) is 18.6. The van der Waals surface area contributed by atoms with E-state index < -0.39 is 5.60 Å². The number of likely N-dealkylation sites (N-methyl/N-ethyl adjacent to an activating group) is 1. The minimum atomic E-state index is -0.612. The molecular formula is C31H63NO3. The van der Waals surface area contributed by atoms with Crippen LogP contribution in [0, 0.1) is 21.7 Å². The molecule has 35 heavy (non-hydrogen) atoms. The van der Waals surface area contributed by atoms with Crippen LogP contribution < -0.4 is 0 Å². The molecule has 4 nitrogen and oxygen atoms in total. The monoisotopic (exact) mass is 497 g/mol. The minimum Gasteiger partial charge on any atom is -0.387 e. The van der Waals surface area contributed by atoms with Gasteiger partial charge in [-0.1, -0.05) is 55.4 Å². The predicted molar refractivity (Wildman–Crippen MR) is 151 cm³/mol. The van der Waals surface area contributed by atoms with Crippen LogP contribution in [0.15, 0.2) is 0 Å². The van der Waals surface area contributed by atoms with Gasteiger partial charge in [0.1, 0.15) is 0 Å². The van der Waals surface area contributed by atoms with Crippen molar-refractivity contribution in [3.63, 3.8) is 0 Å². The fourth-order valence-electron chi connectivity index (χ4n) is 7.81. The van der Waals surface area contributed by atoms with Crippen LogP contribution in [0.25, 0.3) is 0 Å². The average molecular weight is 498 g/mol. The molecule has 1 aliphatic rings. The molecule has 0 aromatic heterocycles. The summed E-state index contributed by atoms with van der Waals surface area (Å²) in [6, 6.07) is 0. The molecule has 4 heteroatoms. The summed E-state index contributed by atoms with van der Waals surface area (Å²) in [5.74, 6) is 0. The van der Waals surface area contributed by atoms with Crippen LogP contribution in [0.2, 0.25) is 0 Å². The number of hydrogen-bond donors (Lipinski definition) is 1. The molecular weight excluding hydrogens is 434 g/mol. The van der Waals surface area contributed by atoms with Gasteiger partial charge in [-0.25, -0.2) is 0 Å². The van der Waals surface area contributed by atoms with Crippen LogP contribution in [0.3, 0.4) is 0 Å². The van der Waals surface area contributed by atoms with Gasteiger partial charge in [0.2, 0.25) is 0 Å². The summed E-state index contributed by atoms with van der Waals surface area (Å²) in [6.07, 6.45) is 7.64. The molecule has 0 bridgehead atoms.